The minimum atomic E-state index is -0.469. The van der Waals surface area contributed by atoms with Crippen molar-refractivity contribution in [1.82, 2.24) is 20.3 Å². The summed E-state index contributed by atoms with van der Waals surface area (Å²) in [5.41, 5.74) is 0.933. The molecule has 0 radical (unpaired) electrons. The third-order valence-electron chi connectivity index (χ3n) is 3.93. The number of aromatic nitrogens is 3. The summed E-state index contributed by atoms with van der Waals surface area (Å²) in [7, 11) is 2.85. The molecule has 1 aliphatic rings. The number of rotatable bonds is 7. The van der Waals surface area contributed by atoms with E-state index < -0.39 is 5.97 Å². The number of esters is 1. The van der Waals surface area contributed by atoms with Gasteiger partial charge in [0.1, 0.15) is 17.2 Å². The zero-order chi connectivity index (χ0) is 19.1. The first-order valence-corrected chi connectivity index (χ1v) is 8.47. The van der Waals surface area contributed by atoms with E-state index in [0.717, 1.165) is 13.1 Å². The second kappa shape index (κ2) is 9.10. The van der Waals surface area contributed by atoms with Crippen LogP contribution in [0.3, 0.4) is 0 Å². The molecule has 1 saturated heterocycles. The molecule has 0 bridgehead atoms. The Morgan fingerprint density at radius 3 is 2.78 bits per heavy atom. The Hall–Kier alpha value is -2.98. The third kappa shape index (κ3) is 5.02. The molecular formula is C17H22N6O4. The van der Waals surface area contributed by atoms with Gasteiger partial charge in [0.05, 0.1) is 45.0 Å². The number of ether oxygens (including phenoxy) is 3. The zero-order valence-corrected chi connectivity index (χ0v) is 15.2. The standard InChI is InChI=1S/C17H22N6O4/c1-25-16-10-21-15(9-22-16)23-14-5-13(12(8-20-14)17(24)26-2)19-7-11-6-18-3-4-27-11/h5,8-11,18H,3-4,6-7H2,1-2H3,(H2,19,20,21,23). The smallest absolute Gasteiger partial charge is 0.341 e. The number of pyridine rings is 1. The molecule has 144 valence electrons. The van der Waals surface area contributed by atoms with Crippen molar-refractivity contribution in [2.45, 2.75) is 6.10 Å². The van der Waals surface area contributed by atoms with Crippen LogP contribution < -0.4 is 20.7 Å². The van der Waals surface area contributed by atoms with Gasteiger partial charge in [0.25, 0.3) is 0 Å². The number of hydrogen-bond acceptors (Lipinski definition) is 10. The molecule has 3 heterocycles. The molecule has 3 N–H and O–H groups in total. The van der Waals surface area contributed by atoms with Crippen LogP contribution in [-0.4, -0.2) is 67.5 Å². The van der Waals surface area contributed by atoms with Gasteiger partial charge in [-0.15, -0.1) is 0 Å². The van der Waals surface area contributed by atoms with Crippen LogP contribution in [0.15, 0.2) is 24.7 Å². The number of methoxy groups -OCH3 is 2. The molecule has 3 rings (SSSR count). The number of nitrogens with zero attached hydrogens (tertiary/aromatic N) is 3. The molecule has 1 atom stereocenters. The van der Waals surface area contributed by atoms with Gasteiger partial charge in [-0.25, -0.2) is 19.7 Å². The van der Waals surface area contributed by atoms with Gasteiger partial charge in [-0.05, 0) is 0 Å². The lowest BCUT2D eigenvalue weighted by atomic mass is 10.2. The Labute approximate surface area is 156 Å². The Morgan fingerprint density at radius 1 is 1.26 bits per heavy atom. The first-order chi connectivity index (χ1) is 13.2. The molecule has 0 amide bonds. The van der Waals surface area contributed by atoms with Crippen LogP contribution in [-0.2, 0) is 9.47 Å². The molecule has 10 nitrogen and oxygen atoms in total. The average Bonchev–Trinajstić information content (AvgIpc) is 2.73. The number of nitrogens with one attached hydrogen (secondary N) is 3. The van der Waals surface area contributed by atoms with Gasteiger partial charge in [0.2, 0.25) is 5.88 Å². The van der Waals surface area contributed by atoms with Crippen molar-refractivity contribution in [3.63, 3.8) is 0 Å². The van der Waals surface area contributed by atoms with Crippen LogP contribution in [0.25, 0.3) is 0 Å². The Balaban J connectivity index is 1.75. The number of carbonyl (C=O) groups is 1. The molecule has 1 unspecified atom stereocenters. The molecule has 2 aromatic rings. The van der Waals surface area contributed by atoms with Crippen molar-refractivity contribution in [1.29, 1.82) is 0 Å². The van der Waals surface area contributed by atoms with Gasteiger partial charge in [-0.2, -0.15) is 0 Å². The highest BCUT2D eigenvalue weighted by Crippen LogP contribution is 2.22. The number of carbonyl (C=O) groups excluding carboxylic acids is 1. The summed E-state index contributed by atoms with van der Waals surface area (Å²) in [6, 6.07) is 1.72. The number of hydrogen-bond donors (Lipinski definition) is 3. The zero-order valence-electron chi connectivity index (χ0n) is 15.2. The molecular weight excluding hydrogens is 352 g/mol. The van der Waals surface area contributed by atoms with Crippen molar-refractivity contribution in [2.24, 2.45) is 0 Å². The Morgan fingerprint density at radius 2 is 2.11 bits per heavy atom. The normalized spacial score (nSPS) is 16.4. The van der Waals surface area contributed by atoms with Gasteiger partial charge in [0, 0.05) is 31.9 Å². The fraction of sp³-hybridized carbons (Fsp3) is 0.412. The van der Waals surface area contributed by atoms with Crippen molar-refractivity contribution in [3.05, 3.63) is 30.2 Å². The maximum atomic E-state index is 12.0. The van der Waals surface area contributed by atoms with Crippen LogP contribution in [0.4, 0.5) is 17.3 Å². The minimum absolute atomic E-state index is 0.0151. The average molecular weight is 374 g/mol. The van der Waals surface area contributed by atoms with E-state index in [2.05, 4.69) is 30.9 Å². The van der Waals surface area contributed by atoms with Crippen LogP contribution >= 0.6 is 0 Å². The lowest BCUT2D eigenvalue weighted by molar-refractivity contribution is 0.0371. The predicted octanol–water partition coefficient (Wildman–Crippen LogP) is 0.811. The lowest BCUT2D eigenvalue weighted by Crippen LogP contribution is -2.42. The van der Waals surface area contributed by atoms with E-state index >= 15 is 0 Å². The van der Waals surface area contributed by atoms with E-state index in [9.17, 15) is 4.79 Å². The monoisotopic (exact) mass is 374 g/mol. The lowest BCUT2D eigenvalue weighted by Gasteiger charge is -2.24. The molecule has 2 aromatic heterocycles. The van der Waals surface area contributed by atoms with Crippen molar-refractivity contribution >= 4 is 23.3 Å². The van der Waals surface area contributed by atoms with Crippen molar-refractivity contribution in [2.75, 3.05) is 51.1 Å². The summed E-state index contributed by atoms with van der Waals surface area (Å²) in [6.07, 6.45) is 4.50. The fourth-order valence-electron chi connectivity index (χ4n) is 2.53. The highest BCUT2D eigenvalue weighted by molar-refractivity contribution is 5.95. The van der Waals surface area contributed by atoms with Gasteiger partial charge in [-0.1, -0.05) is 0 Å². The van der Waals surface area contributed by atoms with E-state index in [1.165, 1.54) is 32.8 Å². The first kappa shape index (κ1) is 18.8. The second-order valence-corrected chi connectivity index (χ2v) is 5.75. The molecule has 0 saturated carbocycles. The SMILES string of the molecule is COC(=O)c1cnc(Nc2cnc(OC)cn2)cc1NCC1CNCCO1. The van der Waals surface area contributed by atoms with E-state index in [0.29, 0.717) is 41.9 Å². The molecule has 1 aliphatic heterocycles. The van der Waals surface area contributed by atoms with Crippen molar-refractivity contribution < 1.29 is 19.0 Å². The predicted molar refractivity (Wildman–Crippen MR) is 98.5 cm³/mol. The third-order valence-corrected chi connectivity index (χ3v) is 3.93. The molecule has 1 fully saturated rings. The Bertz CT molecular complexity index is 765. The molecule has 10 heteroatoms. The maximum Gasteiger partial charge on any atom is 0.341 e. The van der Waals surface area contributed by atoms with E-state index in [4.69, 9.17) is 14.2 Å². The van der Waals surface area contributed by atoms with Crippen LogP contribution in [0.1, 0.15) is 10.4 Å². The Kier molecular flexibility index (Phi) is 6.34. The van der Waals surface area contributed by atoms with Crippen LogP contribution in [0.5, 0.6) is 5.88 Å². The molecule has 0 spiro atoms. The number of morpholine rings is 1. The van der Waals surface area contributed by atoms with Gasteiger partial charge >= 0.3 is 5.97 Å². The quantitative estimate of drug-likeness (QED) is 0.601. The van der Waals surface area contributed by atoms with E-state index in [-0.39, 0.29) is 6.10 Å². The summed E-state index contributed by atoms with van der Waals surface area (Å²) in [6.45, 7) is 2.80. The topological polar surface area (TPSA) is 120 Å². The first-order valence-electron chi connectivity index (χ1n) is 8.47. The minimum Gasteiger partial charge on any atom is -0.480 e. The van der Waals surface area contributed by atoms with Gasteiger partial charge in [-0.3, -0.25) is 0 Å². The summed E-state index contributed by atoms with van der Waals surface area (Å²) in [5, 5.41) is 9.55. The summed E-state index contributed by atoms with van der Waals surface area (Å²) >= 11 is 0. The largest absolute Gasteiger partial charge is 0.480 e. The highest BCUT2D eigenvalue weighted by atomic mass is 16.5. The highest BCUT2D eigenvalue weighted by Gasteiger charge is 2.17. The summed E-state index contributed by atoms with van der Waals surface area (Å²) in [5.74, 6) is 0.952. The van der Waals surface area contributed by atoms with Crippen LogP contribution in [0.2, 0.25) is 0 Å². The summed E-state index contributed by atoms with van der Waals surface area (Å²) < 4.78 is 15.5. The number of anilines is 3. The second-order valence-electron chi connectivity index (χ2n) is 5.75. The van der Waals surface area contributed by atoms with Crippen molar-refractivity contribution in [3.8, 4) is 5.88 Å². The van der Waals surface area contributed by atoms with E-state index in [1.807, 2.05) is 0 Å². The maximum absolute atomic E-state index is 12.0. The summed E-state index contributed by atoms with van der Waals surface area (Å²) in [4.78, 5) is 24.5. The molecule has 27 heavy (non-hydrogen) atoms. The molecule has 0 aliphatic carbocycles. The van der Waals surface area contributed by atoms with E-state index in [1.54, 1.807) is 6.07 Å². The van der Waals surface area contributed by atoms with Crippen LogP contribution in [0, 0.1) is 0 Å². The molecule has 0 aromatic carbocycles. The van der Waals surface area contributed by atoms with Gasteiger partial charge in [0.15, 0.2) is 0 Å². The van der Waals surface area contributed by atoms with Gasteiger partial charge < -0.3 is 30.2 Å². The fourth-order valence-corrected chi connectivity index (χ4v) is 2.53.